The molecular formula is C18H29FN4O. The van der Waals surface area contributed by atoms with Gasteiger partial charge in [0.05, 0.1) is 12.6 Å². The summed E-state index contributed by atoms with van der Waals surface area (Å²) in [5, 5.41) is 3.11. The van der Waals surface area contributed by atoms with Crippen LogP contribution in [0.15, 0.2) is 24.3 Å². The molecule has 2 atom stereocenters. The Balaban J connectivity index is 1.84. The maximum atomic E-state index is 13.3. The summed E-state index contributed by atoms with van der Waals surface area (Å²) in [5.74, 6) is -0.173. The highest BCUT2D eigenvalue weighted by Gasteiger charge is 2.31. The molecule has 134 valence electrons. The summed E-state index contributed by atoms with van der Waals surface area (Å²) in [6.07, 6.45) is 1.72. The zero-order valence-corrected chi connectivity index (χ0v) is 14.8. The molecule has 3 N–H and O–H groups in total. The van der Waals surface area contributed by atoms with Gasteiger partial charge in [0, 0.05) is 18.6 Å². The molecule has 0 bridgehead atoms. The van der Waals surface area contributed by atoms with Crippen LogP contribution in [0.2, 0.25) is 0 Å². The third-order valence-electron chi connectivity index (χ3n) is 4.46. The number of hydrogen-bond donors (Lipinski definition) is 3. The van der Waals surface area contributed by atoms with Crippen molar-refractivity contribution in [3.05, 3.63) is 35.6 Å². The molecule has 0 radical (unpaired) electrons. The number of benzene rings is 1. The van der Waals surface area contributed by atoms with Crippen molar-refractivity contribution in [3.8, 4) is 0 Å². The van der Waals surface area contributed by atoms with Crippen LogP contribution < -0.4 is 16.2 Å². The van der Waals surface area contributed by atoms with E-state index in [0.29, 0.717) is 6.54 Å². The highest BCUT2D eigenvalue weighted by atomic mass is 19.1. The Morgan fingerprint density at radius 1 is 1.25 bits per heavy atom. The summed E-state index contributed by atoms with van der Waals surface area (Å²) >= 11 is 0. The maximum absolute atomic E-state index is 13.3. The maximum Gasteiger partial charge on any atom is 0.234 e. The van der Waals surface area contributed by atoms with E-state index in [2.05, 4.69) is 41.8 Å². The number of nitrogens with zero attached hydrogens (tertiary/aromatic N) is 1. The number of halogens is 1. The van der Waals surface area contributed by atoms with Crippen LogP contribution in [-0.4, -0.2) is 48.6 Å². The van der Waals surface area contributed by atoms with Crippen LogP contribution in [-0.2, 0) is 11.2 Å². The number of hydrazine groups is 1. The van der Waals surface area contributed by atoms with Gasteiger partial charge in [0.25, 0.3) is 0 Å². The highest BCUT2D eigenvalue weighted by molar-refractivity contribution is 5.78. The Bertz CT molecular complexity index is 530. The lowest BCUT2D eigenvalue weighted by molar-refractivity contribution is -0.123. The second kappa shape index (κ2) is 9.11. The van der Waals surface area contributed by atoms with E-state index in [1.807, 2.05) is 6.07 Å². The van der Waals surface area contributed by atoms with Crippen molar-refractivity contribution in [2.75, 3.05) is 19.6 Å². The first-order valence-electron chi connectivity index (χ1n) is 8.76. The normalized spacial score (nSPS) is 23.6. The Labute approximate surface area is 144 Å². The van der Waals surface area contributed by atoms with Gasteiger partial charge in [0.1, 0.15) is 5.82 Å². The molecule has 0 aromatic heterocycles. The lowest BCUT2D eigenvalue weighted by Gasteiger charge is -2.24. The monoisotopic (exact) mass is 336 g/mol. The zero-order valence-electron chi connectivity index (χ0n) is 14.8. The third kappa shape index (κ3) is 5.54. The lowest BCUT2D eigenvalue weighted by atomic mass is 10.1. The van der Waals surface area contributed by atoms with Crippen molar-refractivity contribution in [1.29, 1.82) is 0 Å². The molecule has 24 heavy (non-hydrogen) atoms. The minimum absolute atomic E-state index is 0.0388. The van der Waals surface area contributed by atoms with E-state index in [1.54, 1.807) is 12.1 Å². The van der Waals surface area contributed by atoms with Gasteiger partial charge in [-0.25, -0.2) is 4.39 Å². The predicted molar refractivity (Wildman–Crippen MR) is 94.0 cm³/mol. The number of carbonyl (C=O) groups is 1. The predicted octanol–water partition coefficient (Wildman–Crippen LogP) is 1.45. The number of amides is 1. The van der Waals surface area contributed by atoms with Crippen LogP contribution in [0.1, 0.15) is 32.8 Å². The van der Waals surface area contributed by atoms with Gasteiger partial charge in [-0.3, -0.25) is 20.5 Å². The summed E-state index contributed by atoms with van der Waals surface area (Å²) in [6, 6.07) is 7.16. The molecule has 1 fully saturated rings. The van der Waals surface area contributed by atoms with E-state index >= 15 is 0 Å². The van der Waals surface area contributed by atoms with Crippen molar-refractivity contribution in [1.82, 2.24) is 21.1 Å². The van der Waals surface area contributed by atoms with Crippen LogP contribution in [0, 0.1) is 5.82 Å². The van der Waals surface area contributed by atoms with E-state index < -0.39 is 0 Å². The van der Waals surface area contributed by atoms with Crippen LogP contribution in [0.25, 0.3) is 0 Å². The fraction of sp³-hybridized carbons (Fsp3) is 0.611. The number of rotatable bonds is 8. The van der Waals surface area contributed by atoms with Crippen molar-refractivity contribution in [2.24, 2.45) is 0 Å². The molecule has 1 heterocycles. The first-order chi connectivity index (χ1) is 11.5. The number of carbonyl (C=O) groups excluding carboxylic acids is 1. The molecule has 2 rings (SSSR count). The molecule has 0 spiro atoms. The Morgan fingerprint density at radius 2 is 1.96 bits per heavy atom. The smallest absolute Gasteiger partial charge is 0.234 e. The molecule has 1 amide bonds. The van der Waals surface area contributed by atoms with Gasteiger partial charge in [-0.15, -0.1) is 0 Å². The molecule has 6 heteroatoms. The molecule has 2 unspecified atom stereocenters. The molecule has 1 saturated heterocycles. The molecule has 1 aliphatic heterocycles. The van der Waals surface area contributed by atoms with Crippen molar-refractivity contribution < 1.29 is 9.18 Å². The SMILES string of the molecule is CCCN(CCc1cccc(F)c1)CC(=O)NC1C(C)NNC1C. The molecule has 1 aromatic carbocycles. The second-order valence-corrected chi connectivity index (χ2v) is 6.62. The van der Waals surface area contributed by atoms with Crippen molar-refractivity contribution in [2.45, 2.75) is 51.7 Å². The van der Waals surface area contributed by atoms with Gasteiger partial charge < -0.3 is 5.32 Å². The van der Waals surface area contributed by atoms with Crippen LogP contribution in [0.3, 0.4) is 0 Å². The standard InChI is InChI=1S/C18H29FN4O/c1-4-9-23(10-8-15-6-5-7-16(19)11-15)12-17(24)20-18-13(2)21-22-14(18)3/h5-7,11,13-14,18,21-22H,4,8-10,12H2,1-3H3,(H,20,24). The molecular weight excluding hydrogens is 307 g/mol. The second-order valence-electron chi connectivity index (χ2n) is 6.62. The topological polar surface area (TPSA) is 56.4 Å². The van der Waals surface area contributed by atoms with Gasteiger partial charge >= 0.3 is 0 Å². The first kappa shape index (κ1) is 18.8. The third-order valence-corrected chi connectivity index (χ3v) is 4.46. The van der Waals surface area contributed by atoms with Crippen molar-refractivity contribution in [3.63, 3.8) is 0 Å². The molecule has 0 aliphatic carbocycles. The highest BCUT2D eigenvalue weighted by Crippen LogP contribution is 2.07. The largest absolute Gasteiger partial charge is 0.349 e. The van der Waals surface area contributed by atoms with E-state index in [1.165, 1.54) is 6.07 Å². The fourth-order valence-electron chi connectivity index (χ4n) is 3.13. The molecule has 5 nitrogen and oxygen atoms in total. The Kier molecular flexibility index (Phi) is 7.15. The van der Waals surface area contributed by atoms with Gasteiger partial charge in [-0.1, -0.05) is 19.1 Å². The summed E-state index contributed by atoms with van der Waals surface area (Å²) in [6.45, 7) is 8.18. The van der Waals surface area contributed by atoms with Gasteiger partial charge in [-0.2, -0.15) is 0 Å². The summed E-state index contributed by atoms with van der Waals surface area (Å²) in [4.78, 5) is 14.5. The quantitative estimate of drug-likeness (QED) is 0.673. The minimum Gasteiger partial charge on any atom is -0.349 e. The molecule has 1 aromatic rings. The number of hydrogen-bond acceptors (Lipinski definition) is 4. The van der Waals surface area contributed by atoms with Crippen molar-refractivity contribution >= 4 is 5.91 Å². The average Bonchev–Trinajstić information content (AvgIpc) is 2.85. The lowest BCUT2D eigenvalue weighted by Crippen LogP contribution is -2.49. The first-order valence-corrected chi connectivity index (χ1v) is 8.76. The Morgan fingerprint density at radius 3 is 2.58 bits per heavy atom. The Hall–Kier alpha value is -1.50. The van der Waals surface area contributed by atoms with E-state index in [0.717, 1.165) is 31.5 Å². The summed E-state index contributed by atoms with van der Waals surface area (Å²) in [5.41, 5.74) is 7.24. The summed E-state index contributed by atoms with van der Waals surface area (Å²) < 4.78 is 13.3. The van der Waals surface area contributed by atoms with E-state index in [9.17, 15) is 9.18 Å². The van der Waals surface area contributed by atoms with Gasteiger partial charge in [-0.05, 0) is 50.9 Å². The van der Waals surface area contributed by atoms with E-state index in [4.69, 9.17) is 0 Å². The summed E-state index contributed by atoms with van der Waals surface area (Å²) in [7, 11) is 0. The molecule has 0 saturated carbocycles. The van der Waals surface area contributed by atoms with E-state index in [-0.39, 0.29) is 29.8 Å². The fourth-order valence-corrected chi connectivity index (χ4v) is 3.13. The van der Waals surface area contributed by atoms with Crippen LogP contribution in [0.4, 0.5) is 4.39 Å². The van der Waals surface area contributed by atoms with Crippen LogP contribution >= 0.6 is 0 Å². The zero-order chi connectivity index (χ0) is 17.5. The molecule has 1 aliphatic rings. The van der Waals surface area contributed by atoms with Gasteiger partial charge in [0.2, 0.25) is 5.91 Å². The minimum atomic E-state index is -0.212. The van der Waals surface area contributed by atoms with Crippen LogP contribution in [0.5, 0.6) is 0 Å². The number of nitrogens with one attached hydrogen (secondary N) is 3. The van der Waals surface area contributed by atoms with Gasteiger partial charge in [0.15, 0.2) is 0 Å². The average molecular weight is 336 g/mol.